The maximum atomic E-state index is 13.7. The summed E-state index contributed by atoms with van der Waals surface area (Å²) in [4.78, 5) is 8.10. The van der Waals surface area contributed by atoms with E-state index in [0.29, 0.717) is 29.1 Å². The minimum absolute atomic E-state index is 0.0414. The molecule has 3 N–H and O–H groups in total. The van der Waals surface area contributed by atoms with Crippen molar-refractivity contribution >= 4 is 34.0 Å². The van der Waals surface area contributed by atoms with Gasteiger partial charge in [0.25, 0.3) is 0 Å². The first kappa shape index (κ1) is 19.7. The Morgan fingerprint density at radius 2 is 1.70 bits per heavy atom. The summed E-state index contributed by atoms with van der Waals surface area (Å²) in [5, 5.41) is 8.76. The van der Waals surface area contributed by atoms with Crippen LogP contribution in [0.2, 0.25) is 0 Å². The second-order valence-corrected chi connectivity index (χ2v) is 6.59. The fourth-order valence-corrected chi connectivity index (χ4v) is 3.05. The third-order valence-electron chi connectivity index (χ3n) is 4.44. The first-order valence-electron chi connectivity index (χ1n) is 9.11. The molecule has 2 aromatic heterocycles. The van der Waals surface area contributed by atoms with Crippen molar-refractivity contribution in [2.45, 2.75) is 12.7 Å². The fourth-order valence-electron chi connectivity index (χ4n) is 3.05. The van der Waals surface area contributed by atoms with Gasteiger partial charge in [0.1, 0.15) is 11.8 Å². The van der Waals surface area contributed by atoms with E-state index >= 15 is 0 Å². The zero-order valence-corrected chi connectivity index (χ0v) is 15.9. The highest BCUT2D eigenvalue weighted by molar-refractivity contribution is 5.85. The van der Waals surface area contributed by atoms with E-state index < -0.39 is 11.7 Å². The molecular weight excluding hydrogens is 395 g/mol. The number of hydrogen-bond acceptors (Lipinski definition) is 6. The molecule has 6 nitrogen and oxygen atoms in total. The van der Waals surface area contributed by atoms with Gasteiger partial charge >= 0.3 is 6.18 Å². The average Bonchev–Trinajstić information content (AvgIpc) is 3.20. The van der Waals surface area contributed by atoms with E-state index in [1.807, 2.05) is 19.2 Å². The number of benzene rings is 2. The van der Waals surface area contributed by atoms with E-state index in [1.165, 1.54) is 18.7 Å². The van der Waals surface area contributed by atoms with Crippen LogP contribution in [-0.2, 0) is 12.7 Å². The lowest BCUT2D eigenvalue weighted by Crippen LogP contribution is -2.10. The molecule has 154 valence electrons. The van der Waals surface area contributed by atoms with Crippen molar-refractivity contribution in [2.24, 2.45) is 0 Å². The molecule has 4 aromatic rings. The third-order valence-corrected chi connectivity index (χ3v) is 4.44. The molecule has 30 heavy (non-hydrogen) atoms. The van der Waals surface area contributed by atoms with E-state index in [0.717, 1.165) is 11.6 Å². The Bertz CT molecular complexity index is 1160. The quantitative estimate of drug-likeness (QED) is 0.390. The summed E-state index contributed by atoms with van der Waals surface area (Å²) in [6.45, 7) is 0.681. The van der Waals surface area contributed by atoms with E-state index in [-0.39, 0.29) is 11.4 Å². The van der Waals surface area contributed by atoms with E-state index in [4.69, 9.17) is 4.42 Å². The summed E-state index contributed by atoms with van der Waals surface area (Å²) in [7, 11) is 1.83. The van der Waals surface area contributed by atoms with Crippen molar-refractivity contribution in [3.05, 3.63) is 72.2 Å². The molecule has 9 heteroatoms. The predicted molar refractivity (Wildman–Crippen MR) is 109 cm³/mol. The maximum absolute atomic E-state index is 13.7. The van der Waals surface area contributed by atoms with Gasteiger partial charge in [-0.15, -0.1) is 0 Å². The average molecular weight is 413 g/mol. The molecule has 0 atom stereocenters. The minimum Gasteiger partial charge on any atom is -0.459 e. The molecule has 0 aliphatic rings. The molecule has 0 saturated carbocycles. The number of furan rings is 1. The lowest BCUT2D eigenvalue weighted by atomic mass is 10.1. The molecule has 0 bridgehead atoms. The van der Waals surface area contributed by atoms with Crippen LogP contribution >= 0.6 is 0 Å². The number of hydrogen-bond donors (Lipinski definition) is 3. The van der Waals surface area contributed by atoms with Gasteiger partial charge in [-0.1, -0.05) is 12.1 Å². The van der Waals surface area contributed by atoms with Gasteiger partial charge in [0.2, 0.25) is 0 Å². The first-order valence-corrected chi connectivity index (χ1v) is 9.11. The molecule has 0 unspecified atom stereocenters. The van der Waals surface area contributed by atoms with Crippen LogP contribution in [0.15, 0.2) is 65.5 Å². The Labute approximate surface area is 170 Å². The van der Waals surface area contributed by atoms with Crippen LogP contribution in [0.1, 0.15) is 11.1 Å². The summed E-state index contributed by atoms with van der Waals surface area (Å²) < 4.78 is 46.5. The predicted octanol–water partition coefficient (Wildman–Crippen LogP) is 5.45. The van der Waals surface area contributed by atoms with Crippen molar-refractivity contribution in [1.29, 1.82) is 0 Å². The van der Waals surface area contributed by atoms with Crippen LogP contribution < -0.4 is 16.0 Å². The fraction of sp³-hybridized carbons (Fsp3) is 0.143. The van der Waals surface area contributed by atoms with Gasteiger partial charge in [0.05, 0.1) is 17.5 Å². The summed E-state index contributed by atoms with van der Waals surface area (Å²) in [6.07, 6.45) is -1.78. The van der Waals surface area contributed by atoms with Crippen LogP contribution in [0.25, 0.3) is 11.1 Å². The molecule has 0 radical (unpaired) electrons. The Hall–Kier alpha value is -3.59. The maximum Gasteiger partial charge on any atom is 0.418 e. The molecule has 4 rings (SSSR count). The Morgan fingerprint density at radius 3 is 2.43 bits per heavy atom. The number of anilines is 4. The van der Waals surface area contributed by atoms with Gasteiger partial charge in [0.15, 0.2) is 11.4 Å². The van der Waals surface area contributed by atoms with Crippen molar-refractivity contribution in [1.82, 2.24) is 15.3 Å². The van der Waals surface area contributed by atoms with Crippen LogP contribution in [0, 0.1) is 0 Å². The normalized spacial score (nSPS) is 11.6. The summed E-state index contributed by atoms with van der Waals surface area (Å²) >= 11 is 0. The third kappa shape index (κ3) is 4.20. The standard InChI is InChI=1S/C21H18F3N5O/c1-25-11-13-2-4-14(5-3-13)28-17-7-6-15(10-16(17)21(22,23)24)29-20-19-18(8-9-30-19)26-12-27-20/h2-10,12,25,28H,11H2,1H3,(H,26,27,29). The molecule has 0 spiro atoms. The van der Waals surface area contributed by atoms with Crippen LogP contribution in [-0.4, -0.2) is 17.0 Å². The van der Waals surface area contributed by atoms with E-state index in [9.17, 15) is 13.2 Å². The zero-order valence-electron chi connectivity index (χ0n) is 15.9. The second kappa shape index (κ2) is 8.03. The van der Waals surface area contributed by atoms with Crippen LogP contribution in [0.4, 0.5) is 36.1 Å². The van der Waals surface area contributed by atoms with Crippen LogP contribution in [0.3, 0.4) is 0 Å². The number of alkyl halides is 3. The van der Waals surface area contributed by atoms with Crippen molar-refractivity contribution in [3.8, 4) is 0 Å². The molecular formula is C21H18F3N5O. The van der Waals surface area contributed by atoms with Gasteiger partial charge in [-0.05, 0) is 42.9 Å². The highest BCUT2D eigenvalue weighted by Crippen LogP contribution is 2.38. The van der Waals surface area contributed by atoms with Crippen molar-refractivity contribution in [2.75, 3.05) is 17.7 Å². The highest BCUT2D eigenvalue weighted by atomic mass is 19.4. The number of fused-ring (bicyclic) bond motifs is 1. The monoisotopic (exact) mass is 413 g/mol. The smallest absolute Gasteiger partial charge is 0.418 e. The number of rotatable bonds is 6. The van der Waals surface area contributed by atoms with Gasteiger partial charge in [-0.25, -0.2) is 9.97 Å². The van der Waals surface area contributed by atoms with Crippen LogP contribution in [0.5, 0.6) is 0 Å². The van der Waals surface area contributed by atoms with Gasteiger partial charge in [0, 0.05) is 24.0 Å². The lowest BCUT2D eigenvalue weighted by molar-refractivity contribution is -0.136. The molecule has 0 aliphatic heterocycles. The molecule has 0 fully saturated rings. The van der Waals surface area contributed by atoms with Crippen molar-refractivity contribution < 1.29 is 17.6 Å². The first-order chi connectivity index (χ1) is 14.4. The van der Waals surface area contributed by atoms with Gasteiger partial charge in [-0.3, -0.25) is 0 Å². The lowest BCUT2D eigenvalue weighted by Gasteiger charge is -2.17. The molecule has 2 heterocycles. The molecule has 0 amide bonds. The summed E-state index contributed by atoms with van der Waals surface area (Å²) in [5.74, 6) is 0.291. The Kier molecular flexibility index (Phi) is 5.28. The summed E-state index contributed by atoms with van der Waals surface area (Å²) in [5.41, 5.74) is 1.92. The number of aromatic nitrogens is 2. The molecule has 0 aliphatic carbocycles. The Balaban J connectivity index is 1.63. The SMILES string of the molecule is CNCc1ccc(Nc2ccc(Nc3ncnc4ccoc34)cc2C(F)(F)F)cc1. The summed E-state index contributed by atoms with van der Waals surface area (Å²) in [6, 6.07) is 12.8. The van der Waals surface area contributed by atoms with E-state index in [1.54, 1.807) is 24.3 Å². The second-order valence-electron chi connectivity index (χ2n) is 6.59. The number of nitrogens with zero attached hydrogens (tertiary/aromatic N) is 2. The van der Waals surface area contributed by atoms with E-state index in [2.05, 4.69) is 25.9 Å². The molecule has 2 aromatic carbocycles. The largest absolute Gasteiger partial charge is 0.459 e. The Morgan fingerprint density at radius 1 is 0.933 bits per heavy atom. The topological polar surface area (TPSA) is 75.0 Å². The van der Waals surface area contributed by atoms with Gasteiger partial charge < -0.3 is 20.4 Å². The number of halogens is 3. The van der Waals surface area contributed by atoms with Gasteiger partial charge in [-0.2, -0.15) is 13.2 Å². The zero-order chi connectivity index (χ0) is 21.1. The minimum atomic E-state index is -4.54. The van der Waals surface area contributed by atoms with Crippen molar-refractivity contribution in [3.63, 3.8) is 0 Å². The number of nitrogens with one attached hydrogen (secondary N) is 3. The molecule has 0 saturated heterocycles. The highest BCUT2D eigenvalue weighted by Gasteiger charge is 2.34.